The zero-order valence-electron chi connectivity index (χ0n) is 14.5. The van der Waals surface area contributed by atoms with Crippen molar-refractivity contribution < 1.29 is 14.6 Å². The Bertz CT molecular complexity index is 562. The lowest BCUT2D eigenvalue weighted by atomic mass is 10.0. The number of likely N-dealkylation sites (tertiary alicyclic amines) is 1. The summed E-state index contributed by atoms with van der Waals surface area (Å²) >= 11 is 0. The number of phenols is 1. The molecule has 2 aliphatic heterocycles. The number of aryl methyl sites for hydroxylation is 1. The van der Waals surface area contributed by atoms with Gasteiger partial charge in [0.25, 0.3) is 0 Å². The standard InChI is InChI=1S/C19H28N2O3/c1-14-10-18(22)3-2-16(14)11-19(23)20-17-4-7-21(8-5-17)12-15-6-9-24-13-15/h2-3,10,15,17,22H,4-9,11-13H2,1H3,(H,20,23). The quantitative estimate of drug-likeness (QED) is 0.864. The normalized spacial score (nSPS) is 22.6. The lowest BCUT2D eigenvalue weighted by molar-refractivity contribution is -0.121. The van der Waals surface area contributed by atoms with Crippen LogP contribution in [0.4, 0.5) is 0 Å². The summed E-state index contributed by atoms with van der Waals surface area (Å²) in [7, 11) is 0. The Labute approximate surface area is 144 Å². The predicted octanol–water partition coefficient (Wildman–Crippen LogP) is 1.86. The summed E-state index contributed by atoms with van der Waals surface area (Å²) in [6, 6.07) is 5.46. The van der Waals surface area contributed by atoms with E-state index in [0.29, 0.717) is 12.3 Å². The van der Waals surface area contributed by atoms with Gasteiger partial charge in [-0.1, -0.05) is 6.07 Å². The van der Waals surface area contributed by atoms with Gasteiger partial charge in [0.15, 0.2) is 0 Å². The summed E-state index contributed by atoms with van der Waals surface area (Å²) in [5.41, 5.74) is 1.93. The molecule has 1 atom stereocenters. The molecular formula is C19H28N2O3. The molecule has 2 fully saturated rings. The van der Waals surface area contributed by atoms with Crippen molar-refractivity contribution in [2.24, 2.45) is 5.92 Å². The minimum Gasteiger partial charge on any atom is -0.508 e. The van der Waals surface area contributed by atoms with Crippen molar-refractivity contribution in [1.82, 2.24) is 10.2 Å². The molecule has 1 amide bonds. The number of rotatable bonds is 5. The third-order valence-corrected chi connectivity index (χ3v) is 5.17. The van der Waals surface area contributed by atoms with E-state index in [1.165, 1.54) is 6.42 Å². The van der Waals surface area contributed by atoms with Gasteiger partial charge in [-0.3, -0.25) is 4.79 Å². The van der Waals surface area contributed by atoms with E-state index in [2.05, 4.69) is 10.2 Å². The van der Waals surface area contributed by atoms with Gasteiger partial charge < -0.3 is 20.1 Å². The minimum atomic E-state index is 0.0754. The maximum absolute atomic E-state index is 12.3. The molecule has 0 radical (unpaired) electrons. The maximum atomic E-state index is 12.3. The van der Waals surface area contributed by atoms with Crippen LogP contribution < -0.4 is 5.32 Å². The van der Waals surface area contributed by atoms with Crippen molar-refractivity contribution in [2.45, 2.75) is 38.6 Å². The molecule has 5 nitrogen and oxygen atoms in total. The molecule has 2 saturated heterocycles. The van der Waals surface area contributed by atoms with Gasteiger partial charge in [-0.15, -0.1) is 0 Å². The number of piperidine rings is 1. The Morgan fingerprint density at radius 2 is 2.12 bits per heavy atom. The summed E-state index contributed by atoms with van der Waals surface area (Å²) in [4.78, 5) is 14.8. The number of aromatic hydroxyl groups is 1. The fourth-order valence-electron chi connectivity index (χ4n) is 3.68. The molecule has 0 saturated carbocycles. The highest BCUT2D eigenvalue weighted by Gasteiger charge is 2.24. The molecule has 2 heterocycles. The largest absolute Gasteiger partial charge is 0.508 e. The molecule has 1 aromatic rings. The van der Waals surface area contributed by atoms with Gasteiger partial charge in [0.05, 0.1) is 13.0 Å². The molecule has 132 valence electrons. The average molecular weight is 332 g/mol. The Hall–Kier alpha value is -1.59. The van der Waals surface area contributed by atoms with Crippen LogP contribution in [0.15, 0.2) is 18.2 Å². The molecule has 0 spiro atoms. The van der Waals surface area contributed by atoms with Crippen LogP contribution in [0, 0.1) is 12.8 Å². The van der Waals surface area contributed by atoms with Crippen molar-refractivity contribution in [3.8, 4) is 5.75 Å². The van der Waals surface area contributed by atoms with Crippen LogP contribution in [-0.4, -0.2) is 54.8 Å². The van der Waals surface area contributed by atoms with Gasteiger partial charge in [0, 0.05) is 32.3 Å². The van der Waals surface area contributed by atoms with E-state index in [1.54, 1.807) is 12.1 Å². The number of benzene rings is 1. The van der Waals surface area contributed by atoms with Crippen LogP contribution in [0.5, 0.6) is 5.75 Å². The first-order valence-electron chi connectivity index (χ1n) is 8.98. The lowest BCUT2D eigenvalue weighted by Crippen LogP contribution is -2.46. The number of phenolic OH excluding ortho intramolecular Hbond substituents is 1. The number of nitrogens with one attached hydrogen (secondary N) is 1. The van der Waals surface area contributed by atoms with Crippen LogP contribution in [0.3, 0.4) is 0 Å². The summed E-state index contributed by atoms with van der Waals surface area (Å²) in [5, 5.41) is 12.6. The molecular weight excluding hydrogens is 304 g/mol. The number of hydrogen-bond donors (Lipinski definition) is 2. The Morgan fingerprint density at radius 3 is 2.79 bits per heavy atom. The predicted molar refractivity (Wildman–Crippen MR) is 93.1 cm³/mol. The minimum absolute atomic E-state index is 0.0754. The van der Waals surface area contributed by atoms with Crippen molar-refractivity contribution in [2.75, 3.05) is 32.8 Å². The van der Waals surface area contributed by atoms with E-state index in [0.717, 1.165) is 56.8 Å². The fraction of sp³-hybridized carbons (Fsp3) is 0.632. The molecule has 0 aromatic heterocycles. The van der Waals surface area contributed by atoms with Crippen LogP contribution in [0.1, 0.15) is 30.4 Å². The highest BCUT2D eigenvalue weighted by Crippen LogP contribution is 2.19. The summed E-state index contributed by atoms with van der Waals surface area (Å²) in [6.45, 7) is 6.98. The van der Waals surface area contributed by atoms with Crippen molar-refractivity contribution in [3.05, 3.63) is 29.3 Å². The first kappa shape index (κ1) is 17.2. The second-order valence-corrected chi connectivity index (χ2v) is 7.16. The van der Waals surface area contributed by atoms with E-state index in [9.17, 15) is 9.90 Å². The molecule has 1 unspecified atom stereocenters. The monoisotopic (exact) mass is 332 g/mol. The zero-order valence-corrected chi connectivity index (χ0v) is 14.5. The van der Waals surface area contributed by atoms with E-state index >= 15 is 0 Å². The SMILES string of the molecule is Cc1cc(O)ccc1CC(=O)NC1CCN(CC2CCOC2)CC1. The van der Waals surface area contributed by atoms with E-state index in [4.69, 9.17) is 4.74 Å². The topological polar surface area (TPSA) is 61.8 Å². The van der Waals surface area contributed by atoms with Gasteiger partial charge in [-0.05, 0) is 55.4 Å². The van der Waals surface area contributed by atoms with Crippen LogP contribution in [0.2, 0.25) is 0 Å². The second-order valence-electron chi connectivity index (χ2n) is 7.16. The summed E-state index contributed by atoms with van der Waals surface area (Å²) < 4.78 is 5.45. The fourth-order valence-corrected chi connectivity index (χ4v) is 3.68. The first-order chi connectivity index (χ1) is 11.6. The molecule has 5 heteroatoms. The van der Waals surface area contributed by atoms with Gasteiger partial charge in [0.1, 0.15) is 5.75 Å². The van der Waals surface area contributed by atoms with Crippen LogP contribution in [0.25, 0.3) is 0 Å². The third kappa shape index (κ3) is 4.71. The van der Waals surface area contributed by atoms with Crippen LogP contribution >= 0.6 is 0 Å². The van der Waals surface area contributed by atoms with E-state index in [1.807, 2.05) is 13.0 Å². The Kier molecular flexibility index (Phi) is 5.74. The molecule has 0 aliphatic carbocycles. The average Bonchev–Trinajstić information content (AvgIpc) is 3.05. The number of carbonyl (C=O) groups is 1. The Morgan fingerprint density at radius 1 is 1.33 bits per heavy atom. The van der Waals surface area contributed by atoms with Gasteiger partial charge in [0.2, 0.25) is 5.91 Å². The number of nitrogens with zero attached hydrogens (tertiary/aromatic N) is 1. The van der Waals surface area contributed by atoms with Crippen molar-refractivity contribution >= 4 is 5.91 Å². The van der Waals surface area contributed by atoms with E-state index in [-0.39, 0.29) is 17.7 Å². The first-order valence-corrected chi connectivity index (χ1v) is 8.98. The summed E-state index contributed by atoms with van der Waals surface area (Å²) in [5.74, 6) is 1.01. The molecule has 1 aromatic carbocycles. The van der Waals surface area contributed by atoms with Crippen molar-refractivity contribution in [1.29, 1.82) is 0 Å². The highest BCUT2D eigenvalue weighted by molar-refractivity contribution is 5.79. The third-order valence-electron chi connectivity index (χ3n) is 5.17. The zero-order chi connectivity index (χ0) is 16.9. The molecule has 3 rings (SSSR count). The Balaban J connectivity index is 1.41. The van der Waals surface area contributed by atoms with Gasteiger partial charge in [-0.2, -0.15) is 0 Å². The number of ether oxygens (including phenoxy) is 1. The number of carbonyl (C=O) groups excluding carboxylic acids is 1. The summed E-state index contributed by atoms with van der Waals surface area (Å²) in [6.07, 6.45) is 3.61. The van der Waals surface area contributed by atoms with E-state index < -0.39 is 0 Å². The molecule has 2 aliphatic rings. The molecule has 24 heavy (non-hydrogen) atoms. The molecule has 2 N–H and O–H groups in total. The molecule has 0 bridgehead atoms. The van der Waals surface area contributed by atoms with Gasteiger partial charge >= 0.3 is 0 Å². The smallest absolute Gasteiger partial charge is 0.224 e. The maximum Gasteiger partial charge on any atom is 0.224 e. The van der Waals surface area contributed by atoms with Gasteiger partial charge in [-0.25, -0.2) is 0 Å². The van der Waals surface area contributed by atoms with Crippen LogP contribution in [-0.2, 0) is 16.0 Å². The highest BCUT2D eigenvalue weighted by atomic mass is 16.5. The number of hydrogen-bond acceptors (Lipinski definition) is 4. The number of amides is 1. The van der Waals surface area contributed by atoms with Crippen molar-refractivity contribution in [3.63, 3.8) is 0 Å². The second kappa shape index (κ2) is 7.99. The lowest BCUT2D eigenvalue weighted by Gasteiger charge is -2.33.